The van der Waals surface area contributed by atoms with E-state index in [1.54, 1.807) is 6.33 Å². The molecule has 0 N–H and O–H groups in total. The number of carbonyl (C=O) groups is 2. The summed E-state index contributed by atoms with van der Waals surface area (Å²) < 4.78 is 1.92. The Morgan fingerprint density at radius 2 is 1.79 bits per heavy atom. The van der Waals surface area contributed by atoms with E-state index in [9.17, 15) is 9.59 Å². The maximum atomic E-state index is 12.9. The van der Waals surface area contributed by atoms with Crippen LogP contribution in [0.3, 0.4) is 0 Å². The Morgan fingerprint density at radius 3 is 2.45 bits per heavy atom. The molecule has 2 fully saturated rings. The molecule has 1 aromatic carbocycles. The van der Waals surface area contributed by atoms with Crippen LogP contribution in [0, 0.1) is 11.8 Å². The van der Waals surface area contributed by atoms with Crippen molar-refractivity contribution in [2.75, 3.05) is 31.9 Å². The number of carbonyl (C=O) groups excluding carboxylic acids is 2. The molecule has 2 aromatic rings. The van der Waals surface area contributed by atoms with Gasteiger partial charge in [0.15, 0.2) is 5.16 Å². The molecule has 7 nitrogen and oxygen atoms in total. The Hall–Kier alpha value is -2.35. The second-order valence-corrected chi connectivity index (χ2v) is 10.6. The molecule has 4 rings (SSSR count). The van der Waals surface area contributed by atoms with Crippen LogP contribution < -0.4 is 0 Å². The van der Waals surface area contributed by atoms with E-state index < -0.39 is 0 Å². The molecule has 0 radical (unpaired) electrons. The van der Waals surface area contributed by atoms with Crippen LogP contribution in [-0.2, 0) is 9.59 Å². The number of aromatic nitrogens is 3. The van der Waals surface area contributed by atoms with Gasteiger partial charge in [-0.3, -0.25) is 14.2 Å². The highest BCUT2D eigenvalue weighted by Gasteiger charge is 2.31. The zero-order chi connectivity index (χ0) is 23.4. The number of likely N-dealkylation sites (tertiary alicyclic amines) is 2. The van der Waals surface area contributed by atoms with Gasteiger partial charge in [-0.15, -0.1) is 10.2 Å². The molecule has 3 heterocycles. The first kappa shape index (κ1) is 23.8. The molecule has 2 amide bonds. The first-order chi connectivity index (χ1) is 15.9. The Bertz CT molecular complexity index is 950. The highest BCUT2D eigenvalue weighted by atomic mass is 32.2. The Balaban J connectivity index is 1.27. The van der Waals surface area contributed by atoms with Crippen molar-refractivity contribution >= 4 is 23.6 Å². The second-order valence-electron chi connectivity index (χ2n) is 9.71. The number of rotatable bonds is 6. The third-order valence-corrected chi connectivity index (χ3v) is 7.77. The van der Waals surface area contributed by atoms with Crippen molar-refractivity contribution in [2.24, 2.45) is 11.8 Å². The van der Waals surface area contributed by atoms with Crippen molar-refractivity contribution in [3.63, 3.8) is 0 Å². The first-order valence-corrected chi connectivity index (χ1v) is 13.1. The van der Waals surface area contributed by atoms with E-state index in [0.29, 0.717) is 41.7 Å². The fourth-order valence-electron chi connectivity index (χ4n) is 4.76. The topological polar surface area (TPSA) is 71.3 Å². The number of benzene rings is 1. The van der Waals surface area contributed by atoms with Crippen molar-refractivity contribution in [1.82, 2.24) is 24.6 Å². The molecule has 0 bridgehead atoms. The van der Waals surface area contributed by atoms with Crippen molar-refractivity contribution in [3.8, 4) is 5.69 Å². The van der Waals surface area contributed by atoms with Gasteiger partial charge in [0.05, 0.1) is 5.75 Å². The summed E-state index contributed by atoms with van der Waals surface area (Å²) in [7, 11) is 0. The lowest BCUT2D eigenvalue weighted by Gasteiger charge is -2.37. The predicted molar refractivity (Wildman–Crippen MR) is 130 cm³/mol. The fraction of sp³-hybridized carbons (Fsp3) is 0.600. The maximum absolute atomic E-state index is 12.9. The molecule has 2 aliphatic heterocycles. The second kappa shape index (κ2) is 10.7. The molecule has 1 atom stereocenters. The summed E-state index contributed by atoms with van der Waals surface area (Å²) in [5.74, 6) is 1.85. The van der Waals surface area contributed by atoms with Crippen LogP contribution in [0.2, 0.25) is 0 Å². The molecule has 178 valence electrons. The zero-order valence-corrected chi connectivity index (χ0v) is 20.8. The highest BCUT2D eigenvalue weighted by molar-refractivity contribution is 7.99. The average Bonchev–Trinajstić information content (AvgIpc) is 3.31. The number of thioether (sulfide) groups is 1. The number of nitrogens with zero attached hydrogens (tertiary/aromatic N) is 5. The SMILES string of the molecule is CC1CCCN(C(=O)C2CCN(C(=O)CSc3nncn3-c3ccc(C(C)C)cc3)CC2)C1. The minimum atomic E-state index is 0.0592. The molecule has 1 aromatic heterocycles. The standard InChI is InChI=1S/C25H35N5O2S/c1-18(2)20-6-8-22(9-7-20)30-17-26-27-25(30)33-16-23(31)28-13-10-21(11-14-28)24(32)29-12-4-5-19(3)15-29/h6-9,17-19,21H,4-5,10-16H2,1-3H3. The summed E-state index contributed by atoms with van der Waals surface area (Å²) in [4.78, 5) is 29.7. The molecule has 0 spiro atoms. The van der Waals surface area contributed by atoms with Gasteiger partial charge in [-0.05, 0) is 55.2 Å². The molecule has 8 heteroatoms. The average molecular weight is 470 g/mol. The van der Waals surface area contributed by atoms with Crippen molar-refractivity contribution < 1.29 is 9.59 Å². The zero-order valence-electron chi connectivity index (χ0n) is 19.9. The summed E-state index contributed by atoms with van der Waals surface area (Å²) in [5, 5.41) is 8.98. The van der Waals surface area contributed by atoms with E-state index in [2.05, 4.69) is 55.2 Å². The molecular formula is C25H35N5O2S. The largest absolute Gasteiger partial charge is 0.342 e. The third kappa shape index (κ3) is 5.78. The minimum absolute atomic E-state index is 0.0592. The highest BCUT2D eigenvalue weighted by Crippen LogP contribution is 2.26. The van der Waals surface area contributed by atoms with Crippen LogP contribution in [-0.4, -0.2) is 68.3 Å². The monoisotopic (exact) mass is 469 g/mol. The molecule has 1 unspecified atom stereocenters. The fourth-order valence-corrected chi connectivity index (χ4v) is 5.59. The van der Waals surface area contributed by atoms with Crippen LogP contribution in [0.1, 0.15) is 57.9 Å². The molecule has 0 aliphatic carbocycles. The lowest BCUT2D eigenvalue weighted by Crippen LogP contribution is -2.47. The molecule has 2 saturated heterocycles. The van der Waals surface area contributed by atoms with E-state index >= 15 is 0 Å². The third-order valence-electron chi connectivity index (χ3n) is 6.84. The van der Waals surface area contributed by atoms with E-state index in [1.165, 1.54) is 23.7 Å². The summed E-state index contributed by atoms with van der Waals surface area (Å²) >= 11 is 1.41. The summed E-state index contributed by atoms with van der Waals surface area (Å²) in [6.45, 7) is 9.65. The quantitative estimate of drug-likeness (QED) is 0.599. The van der Waals surface area contributed by atoms with Gasteiger partial charge in [-0.25, -0.2) is 0 Å². The summed E-state index contributed by atoms with van der Waals surface area (Å²) in [5.41, 5.74) is 2.28. The summed E-state index contributed by atoms with van der Waals surface area (Å²) in [6.07, 6.45) is 5.53. The Labute approximate surface area is 200 Å². The van der Waals surface area contributed by atoms with E-state index in [4.69, 9.17) is 0 Å². The number of hydrogen-bond donors (Lipinski definition) is 0. The van der Waals surface area contributed by atoms with Gasteiger partial charge in [0.25, 0.3) is 0 Å². The van der Waals surface area contributed by atoms with Crippen LogP contribution in [0.15, 0.2) is 35.7 Å². The minimum Gasteiger partial charge on any atom is -0.342 e. The van der Waals surface area contributed by atoms with Crippen LogP contribution in [0.4, 0.5) is 0 Å². The van der Waals surface area contributed by atoms with Gasteiger partial charge in [0.1, 0.15) is 6.33 Å². The molecule has 2 aliphatic rings. The maximum Gasteiger partial charge on any atom is 0.233 e. The van der Waals surface area contributed by atoms with Gasteiger partial charge < -0.3 is 9.80 Å². The van der Waals surface area contributed by atoms with Gasteiger partial charge in [0.2, 0.25) is 11.8 Å². The lowest BCUT2D eigenvalue weighted by molar-refractivity contribution is -0.141. The van der Waals surface area contributed by atoms with Crippen molar-refractivity contribution in [3.05, 3.63) is 36.2 Å². The smallest absolute Gasteiger partial charge is 0.233 e. The molecule has 33 heavy (non-hydrogen) atoms. The molecule has 0 saturated carbocycles. The normalized spacial score (nSPS) is 19.8. The lowest BCUT2D eigenvalue weighted by atomic mass is 9.93. The number of piperidine rings is 2. The van der Waals surface area contributed by atoms with Gasteiger partial charge in [0, 0.05) is 37.8 Å². The van der Waals surface area contributed by atoms with Gasteiger partial charge >= 0.3 is 0 Å². The molecular weight excluding hydrogens is 434 g/mol. The predicted octanol–water partition coefficient (Wildman–Crippen LogP) is 3.98. The van der Waals surface area contributed by atoms with E-state index in [1.807, 2.05) is 14.4 Å². The number of amides is 2. The van der Waals surface area contributed by atoms with Crippen LogP contribution >= 0.6 is 11.8 Å². The van der Waals surface area contributed by atoms with Gasteiger partial charge in [-0.1, -0.05) is 44.7 Å². The Kier molecular flexibility index (Phi) is 7.73. The van der Waals surface area contributed by atoms with Crippen molar-refractivity contribution in [1.29, 1.82) is 0 Å². The van der Waals surface area contributed by atoms with Crippen LogP contribution in [0.25, 0.3) is 5.69 Å². The Morgan fingerprint density at radius 1 is 1.06 bits per heavy atom. The van der Waals surface area contributed by atoms with Crippen LogP contribution in [0.5, 0.6) is 0 Å². The van der Waals surface area contributed by atoms with E-state index in [0.717, 1.165) is 38.0 Å². The summed E-state index contributed by atoms with van der Waals surface area (Å²) in [6, 6.07) is 8.37. The number of hydrogen-bond acceptors (Lipinski definition) is 5. The van der Waals surface area contributed by atoms with Gasteiger partial charge in [-0.2, -0.15) is 0 Å². The van der Waals surface area contributed by atoms with E-state index in [-0.39, 0.29) is 11.8 Å². The first-order valence-electron chi connectivity index (χ1n) is 12.1. The van der Waals surface area contributed by atoms with Crippen molar-refractivity contribution in [2.45, 2.75) is 57.5 Å².